The van der Waals surface area contributed by atoms with Crippen molar-refractivity contribution in [3.05, 3.63) is 23.9 Å². The molecular weight excluding hydrogens is 250 g/mol. The quantitative estimate of drug-likeness (QED) is 0.897. The highest BCUT2D eigenvalue weighted by Crippen LogP contribution is 2.34. The van der Waals surface area contributed by atoms with E-state index in [2.05, 4.69) is 28.2 Å². The van der Waals surface area contributed by atoms with Crippen LogP contribution in [0.2, 0.25) is 0 Å². The largest absolute Gasteiger partial charge is 0.481 e. The van der Waals surface area contributed by atoms with E-state index in [9.17, 15) is 0 Å². The van der Waals surface area contributed by atoms with Crippen molar-refractivity contribution in [2.45, 2.75) is 32.2 Å². The highest BCUT2D eigenvalue weighted by molar-refractivity contribution is 5.22. The lowest BCUT2D eigenvalue weighted by Gasteiger charge is -2.34. The summed E-state index contributed by atoms with van der Waals surface area (Å²) in [4.78, 5) is 6.99. The Bertz CT molecular complexity index is 393. The fourth-order valence-electron chi connectivity index (χ4n) is 3.32. The van der Waals surface area contributed by atoms with Crippen molar-refractivity contribution in [2.24, 2.45) is 5.92 Å². The molecule has 112 valence electrons. The number of rotatable bonds is 5. The molecule has 1 aliphatic heterocycles. The van der Waals surface area contributed by atoms with E-state index in [0.717, 1.165) is 13.1 Å². The SMILES string of the molecule is CCN1CCCCC(CNC)C1c1ccc(OC)nc1. The minimum atomic E-state index is 0.466. The van der Waals surface area contributed by atoms with E-state index in [1.54, 1.807) is 7.11 Å². The van der Waals surface area contributed by atoms with Gasteiger partial charge in [-0.2, -0.15) is 0 Å². The van der Waals surface area contributed by atoms with Crippen molar-refractivity contribution >= 4 is 0 Å². The number of pyridine rings is 1. The third-order valence-electron chi connectivity index (χ3n) is 4.29. The van der Waals surface area contributed by atoms with Gasteiger partial charge in [-0.25, -0.2) is 4.98 Å². The van der Waals surface area contributed by atoms with Crippen LogP contribution in [0.3, 0.4) is 0 Å². The van der Waals surface area contributed by atoms with Crippen LogP contribution in [0.1, 0.15) is 37.8 Å². The van der Waals surface area contributed by atoms with E-state index in [4.69, 9.17) is 4.74 Å². The van der Waals surface area contributed by atoms with E-state index in [-0.39, 0.29) is 0 Å². The molecule has 0 amide bonds. The molecule has 0 aliphatic carbocycles. The molecule has 0 aromatic carbocycles. The zero-order chi connectivity index (χ0) is 14.4. The van der Waals surface area contributed by atoms with E-state index in [1.807, 2.05) is 19.3 Å². The van der Waals surface area contributed by atoms with Crippen molar-refractivity contribution in [1.29, 1.82) is 0 Å². The summed E-state index contributed by atoms with van der Waals surface area (Å²) in [6, 6.07) is 4.62. The fourth-order valence-corrected chi connectivity index (χ4v) is 3.32. The topological polar surface area (TPSA) is 37.4 Å². The van der Waals surface area contributed by atoms with Crippen LogP contribution >= 0.6 is 0 Å². The standard InChI is InChI=1S/C16H27N3O/c1-4-19-10-6-5-7-13(11-17-2)16(19)14-8-9-15(20-3)18-12-14/h8-9,12-13,16-17H,4-7,10-11H2,1-3H3. The molecule has 1 aromatic heterocycles. The Hall–Kier alpha value is -1.13. The number of methoxy groups -OCH3 is 1. The smallest absolute Gasteiger partial charge is 0.212 e. The molecular formula is C16H27N3O. The minimum absolute atomic E-state index is 0.466. The first kappa shape index (κ1) is 15.3. The van der Waals surface area contributed by atoms with Crippen LogP contribution in [0.4, 0.5) is 0 Å². The maximum atomic E-state index is 5.17. The van der Waals surface area contributed by atoms with Gasteiger partial charge in [-0.1, -0.05) is 19.4 Å². The summed E-state index contributed by atoms with van der Waals surface area (Å²) in [5.41, 5.74) is 1.31. The van der Waals surface area contributed by atoms with Crippen LogP contribution in [0.15, 0.2) is 18.3 Å². The number of hydrogen-bond acceptors (Lipinski definition) is 4. The second-order valence-corrected chi connectivity index (χ2v) is 5.52. The van der Waals surface area contributed by atoms with Gasteiger partial charge in [0.15, 0.2) is 0 Å². The Morgan fingerprint density at radius 1 is 1.40 bits per heavy atom. The second kappa shape index (κ2) is 7.60. The van der Waals surface area contributed by atoms with Gasteiger partial charge in [-0.3, -0.25) is 4.90 Å². The van der Waals surface area contributed by atoms with Gasteiger partial charge in [0.05, 0.1) is 7.11 Å². The average molecular weight is 277 g/mol. The molecule has 1 N–H and O–H groups in total. The molecule has 4 nitrogen and oxygen atoms in total. The van der Waals surface area contributed by atoms with Gasteiger partial charge in [0.25, 0.3) is 0 Å². The first-order chi connectivity index (χ1) is 9.80. The number of nitrogens with one attached hydrogen (secondary N) is 1. The van der Waals surface area contributed by atoms with Crippen LogP contribution in [0, 0.1) is 5.92 Å². The lowest BCUT2D eigenvalue weighted by atomic mass is 9.90. The lowest BCUT2D eigenvalue weighted by molar-refractivity contribution is 0.162. The number of likely N-dealkylation sites (tertiary alicyclic amines) is 1. The Labute approximate surface area is 122 Å². The third-order valence-corrected chi connectivity index (χ3v) is 4.29. The van der Waals surface area contributed by atoms with Crippen LogP contribution in [-0.4, -0.2) is 43.7 Å². The summed E-state index contributed by atoms with van der Waals surface area (Å²) in [6.07, 6.45) is 5.89. The summed E-state index contributed by atoms with van der Waals surface area (Å²) in [6.45, 7) is 5.60. The van der Waals surface area contributed by atoms with Crippen molar-refractivity contribution in [1.82, 2.24) is 15.2 Å². The molecule has 2 atom stereocenters. The Balaban J connectivity index is 2.27. The second-order valence-electron chi connectivity index (χ2n) is 5.52. The third kappa shape index (κ3) is 3.49. The Morgan fingerprint density at radius 2 is 2.25 bits per heavy atom. The molecule has 0 spiro atoms. The molecule has 4 heteroatoms. The van der Waals surface area contributed by atoms with Crippen LogP contribution < -0.4 is 10.1 Å². The number of aromatic nitrogens is 1. The van der Waals surface area contributed by atoms with Gasteiger partial charge in [0.2, 0.25) is 5.88 Å². The molecule has 1 fully saturated rings. The van der Waals surface area contributed by atoms with Crippen molar-refractivity contribution in [3.8, 4) is 5.88 Å². The van der Waals surface area contributed by atoms with Crippen molar-refractivity contribution in [2.75, 3.05) is 33.8 Å². The summed E-state index contributed by atoms with van der Waals surface area (Å²) in [7, 11) is 3.71. The summed E-state index contributed by atoms with van der Waals surface area (Å²) < 4.78 is 5.17. The maximum absolute atomic E-state index is 5.17. The van der Waals surface area contributed by atoms with E-state index in [1.165, 1.54) is 31.4 Å². The summed E-state index contributed by atoms with van der Waals surface area (Å²) in [5, 5.41) is 3.36. The molecule has 2 unspecified atom stereocenters. The monoisotopic (exact) mass is 277 g/mol. The first-order valence-electron chi connectivity index (χ1n) is 7.68. The molecule has 2 heterocycles. The predicted octanol–water partition coefficient (Wildman–Crippen LogP) is 2.47. The van der Waals surface area contributed by atoms with Crippen LogP contribution in [-0.2, 0) is 0 Å². The van der Waals surface area contributed by atoms with Gasteiger partial charge >= 0.3 is 0 Å². The molecule has 0 saturated carbocycles. The highest BCUT2D eigenvalue weighted by Gasteiger charge is 2.30. The fraction of sp³-hybridized carbons (Fsp3) is 0.688. The van der Waals surface area contributed by atoms with Crippen molar-refractivity contribution < 1.29 is 4.74 Å². The van der Waals surface area contributed by atoms with Gasteiger partial charge in [-0.05, 0) is 51.0 Å². The molecule has 20 heavy (non-hydrogen) atoms. The van der Waals surface area contributed by atoms with E-state index in [0.29, 0.717) is 17.8 Å². The van der Waals surface area contributed by atoms with E-state index >= 15 is 0 Å². The molecule has 0 bridgehead atoms. The molecule has 1 aromatic rings. The van der Waals surface area contributed by atoms with Crippen LogP contribution in [0.5, 0.6) is 5.88 Å². The maximum Gasteiger partial charge on any atom is 0.212 e. The molecule has 1 saturated heterocycles. The van der Waals surface area contributed by atoms with Crippen LogP contribution in [0.25, 0.3) is 0 Å². The number of ether oxygens (including phenoxy) is 1. The Kier molecular flexibility index (Phi) is 5.80. The number of hydrogen-bond donors (Lipinski definition) is 1. The molecule has 2 rings (SSSR count). The number of nitrogens with zero attached hydrogens (tertiary/aromatic N) is 2. The zero-order valence-electron chi connectivity index (χ0n) is 12.9. The summed E-state index contributed by atoms with van der Waals surface area (Å²) in [5.74, 6) is 1.34. The highest BCUT2D eigenvalue weighted by atomic mass is 16.5. The van der Waals surface area contributed by atoms with Crippen molar-refractivity contribution in [3.63, 3.8) is 0 Å². The summed E-state index contributed by atoms with van der Waals surface area (Å²) >= 11 is 0. The van der Waals surface area contributed by atoms with Gasteiger partial charge in [-0.15, -0.1) is 0 Å². The minimum Gasteiger partial charge on any atom is -0.481 e. The lowest BCUT2D eigenvalue weighted by Crippen LogP contribution is -2.36. The van der Waals surface area contributed by atoms with Gasteiger partial charge < -0.3 is 10.1 Å². The van der Waals surface area contributed by atoms with E-state index < -0.39 is 0 Å². The predicted molar refractivity (Wildman–Crippen MR) is 82.0 cm³/mol. The first-order valence-corrected chi connectivity index (χ1v) is 7.68. The zero-order valence-corrected chi connectivity index (χ0v) is 12.9. The van der Waals surface area contributed by atoms with Gasteiger partial charge in [0, 0.05) is 18.3 Å². The molecule has 1 aliphatic rings. The molecule has 0 radical (unpaired) electrons. The van der Waals surface area contributed by atoms with Gasteiger partial charge in [0.1, 0.15) is 0 Å². The Morgan fingerprint density at radius 3 is 2.85 bits per heavy atom. The average Bonchev–Trinajstić information content (AvgIpc) is 2.70. The normalized spacial score (nSPS) is 24.4.